The zero-order valence-electron chi connectivity index (χ0n) is 12.5. The van der Waals surface area contributed by atoms with Crippen molar-refractivity contribution in [2.24, 2.45) is 21.5 Å². The Bertz CT molecular complexity index is 506. The van der Waals surface area contributed by atoms with Crippen LogP contribution in [-0.2, 0) is 0 Å². The van der Waals surface area contributed by atoms with Gasteiger partial charge in [-0.15, -0.1) is 11.8 Å². The molecule has 1 aliphatic rings. The number of rotatable bonds is 5. The summed E-state index contributed by atoms with van der Waals surface area (Å²) in [6.45, 7) is 0.645. The molecule has 0 spiro atoms. The number of hydrogen-bond acceptors (Lipinski definition) is 4. The first-order valence-electron chi connectivity index (χ1n) is 6.82. The van der Waals surface area contributed by atoms with Crippen molar-refractivity contribution in [2.75, 3.05) is 12.3 Å². The van der Waals surface area contributed by atoms with E-state index in [1.807, 2.05) is 6.92 Å². The molecule has 0 aromatic rings. The second kappa shape index (κ2) is 8.65. The maximum atomic E-state index is 12.1. The van der Waals surface area contributed by atoms with E-state index in [4.69, 9.17) is 11.5 Å². The number of aliphatic imine (C=N–C) groups is 2. The number of unbranched alkanes of at least 4 members (excludes halogenated alkanes) is 1. The molecule has 1 atom stereocenters. The van der Waals surface area contributed by atoms with Gasteiger partial charge in [-0.3, -0.25) is 4.90 Å². The lowest BCUT2D eigenvalue weighted by Gasteiger charge is -2.27. The van der Waals surface area contributed by atoms with Crippen LogP contribution in [0.4, 0.5) is 18.0 Å². The molecule has 23 heavy (non-hydrogen) atoms. The first-order valence-corrected chi connectivity index (χ1v) is 7.87. The van der Waals surface area contributed by atoms with Gasteiger partial charge >= 0.3 is 12.2 Å². The number of nitrogens with one attached hydrogen (secondary N) is 1. The minimum atomic E-state index is -4.43. The zero-order valence-corrected chi connectivity index (χ0v) is 13.3. The molecule has 130 valence electrons. The highest BCUT2D eigenvalue weighted by molar-refractivity contribution is 7.99. The van der Waals surface area contributed by atoms with E-state index in [0.717, 1.165) is 18.6 Å². The summed E-state index contributed by atoms with van der Waals surface area (Å²) < 4.78 is 36.2. The van der Waals surface area contributed by atoms with Gasteiger partial charge in [0, 0.05) is 6.20 Å². The molecule has 0 bridgehead atoms. The third-order valence-corrected chi connectivity index (χ3v) is 3.74. The normalized spacial score (nSPS) is 18.8. The van der Waals surface area contributed by atoms with Crippen LogP contribution in [0.1, 0.15) is 19.8 Å². The van der Waals surface area contributed by atoms with Gasteiger partial charge in [0.2, 0.25) is 0 Å². The summed E-state index contributed by atoms with van der Waals surface area (Å²) in [6.07, 6.45) is 0.274. The topological polar surface area (TPSA) is 109 Å². The minimum Gasteiger partial charge on any atom is -0.370 e. The van der Waals surface area contributed by atoms with Crippen LogP contribution in [0.3, 0.4) is 0 Å². The third kappa shape index (κ3) is 7.26. The summed E-state index contributed by atoms with van der Waals surface area (Å²) in [5, 5.41) is 2.47. The molecule has 1 rings (SSSR count). The first kappa shape index (κ1) is 19.1. The molecular weight excluding hydrogens is 333 g/mol. The Morgan fingerprint density at radius 1 is 1.52 bits per heavy atom. The molecule has 2 amide bonds. The zero-order chi connectivity index (χ0) is 17.5. The average Bonchev–Trinajstić information content (AvgIpc) is 2.45. The molecular formula is C12H19F3N6OS. The summed E-state index contributed by atoms with van der Waals surface area (Å²) >= 11 is 1.39. The third-order valence-electron chi connectivity index (χ3n) is 2.58. The number of carbonyl (C=O) groups excluding carboxylic acids is 1. The van der Waals surface area contributed by atoms with Gasteiger partial charge in [-0.2, -0.15) is 13.2 Å². The number of guanidine groups is 1. The molecule has 1 aliphatic heterocycles. The van der Waals surface area contributed by atoms with Gasteiger partial charge in [-0.05, 0) is 18.2 Å². The number of nitrogens with two attached hydrogens (primary N) is 2. The number of primary amides is 1. The SMILES string of the molecule is CCCCSC1N=C(NC(N)=NCC(F)(F)F)C=CN1C(N)=O. The van der Waals surface area contributed by atoms with E-state index in [2.05, 4.69) is 15.3 Å². The van der Waals surface area contributed by atoms with Crippen LogP contribution in [0, 0.1) is 0 Å². The highest BCUT2D eigenvalue weighted by Crippen LogP contribution is 2.21. The van der Waals surface area contributed by atoms with Gasteiger partial charge in [0.05, 0.1) is 0 Å². The Kier molecular flexibility index (Phi) is 7.20. The number of halogens is 3. The number of alkyl halides is 3. The van der Waals surface area contributed by atoms with Gasteiger partial charge in [-0.1, -0.05) is 13.3 Å². The van der Waals surface area contributed by atoms with Crippen LogP contribution >= 0.6 is 11.8 Å². The van der Waals surface area contributed by atoms with Crippen molar-refractivity contribution >= 4 is 29.6 Å². The van der Waals surface area contributed by atoms with E-state index in [1.165, 1.54) is 28.9 Å². The number of hydrogen-bond donors (Lipinski definition) is 3. The molecule has 0 fully saturated rings. The van der Waals surface area contributed by atoms with Crippen LogP contribution in [0.15, 0.2) is 22.3 Å². The lowest BCUT2D eigenvalue weighted by molar-refractivity contribution is -0.118. The highest BCUT2D eigenvalue weighted by Gasteiger charge is 2.27. The van der Waals surface area contributed by atoms with Crippen molar-refractivity contribution in [1.82, 2.24) is 10.2 Å². The Morgan fingerprint density at radius 3 is 2.78 bits per heavy atom. The molecule has 0 saturated carbocycles. The van der Waals surface area contributed by atoms with E-state index in [9.17, 15) is 18.0 Å². The van der Waals surface area contributed by atoms with E-state index < -0.39 is 30.2 Å². The standard InChI is InChI=1S/C12H19F3N6OS/c1-2-3-6-23-11-20-8(4-5-21(11)10(17)22)19-9(16)18-7-12(13,14)15/h4-5,11H,2-3,6-7H2,1H3,(H2,17,22)(H3,16,18,19,20). The van der Waals surface area contributed by atoms with Crippen LogP contribution in [0.5, 0.6) is 0 Å². The maximum absolute atomic E-state index is 12.1. The van der Waals surface area contributed by atoms with Gasteiger partial charge in [-0.25, -0.2) is 14.8 Å². The second-order valence-electron chi connectivity index (χ2n) is 4.57. The molecule has 0 saturated heterocycles. The van der Waals surface area contributed by atoms with Crippen molar-refractivity contribution in [1.29, 1.82) is 0 Å². The number of nitrogens with zero attached hydrogens (tertiary/aromatic N) is 3. The Morgan fingerprint density at radius 2 is 2.22 bits per heavy atom. The summed E-state index contributed by atoms with van der Waals surface area (Å²) in [5.74, 6) is 0.559. The number of thioether (sulfide) groups is 1. The molecule has 0 radical (unpaired) electrons. The summed E-state index contributed by atoms with van der Waals surface area (Å²) in [5.41, 5.74) is 10.1. The fraction of sp³-hybridized carbons (Fsp3) is 0.583. The van der Waals surface area contributed by atoms with Crippen molar-refractivity contribution in [2.45, 2.75) is 31.4 Å². The van der Waals surface area contributed by atoms with E-state index in [1.54, 1.807) is 0 Å². The van der Waals surface area contributed by atoms with Crippen molar-refractivity contribution in [3.05, 3.63) is 12.3 Å². The van der Waals surface area contributed by atoms with Crippen molar-refractivity contribution in [3.8, 4) is 0 Å². The Hall–Kier alpha value is -1.91. The van der Waals surface area contributed by atoms with Gasteiger partial charge in [0.15, 0.2) is 11.5 Å². The largest absolute Gasteiger partial charge is 0.408 e. The summed E-state index contributed by atoms with van der Waals surface area (Å²) in [7, 11) is 0. The number of carbonyl (C=O) groups is 1. The van der Waals surface area contributed by atoms with E-state index in [-0.39, 0.29) is 5.84 Å². The van der Waals surface area contributed by atoms with Crippen LogP contribution in [0.2, 0.25) is 0 Å². The molecule has 7 nitrogen and oxygen atoms in total. The van der Waals surface area contributed by atoms with Crippen molar-refractivity contribution < 1.29 is 18.0 Å². The van der Waals surface area contributed by atoms with Gasteiger partial charge < -0.3 is 16.8 Å². The smallest absolute Gasteiger partial charge is 0.370 e. The number of amidine groups is 1. The Labute approximate surface area is 136 Å². The van der Waals surface area contributed by atoms with E-state index in [0.29, 0.717) is 0 Å². The molecule has 0 aromatic carbocycles. The van der Waals surface area contributed by atoms with Crippen LogP contribution in [0.25, 0.3) is 0 Å². The highest BCUT2D eigenvalue weighted by atomic mass is 32.2. The summed E-state index contributed by atoms with van der Waals surface area (Å²) in [6, 6.07) is -0.670. The first-order chi connectivity index (χ1) is 10.7. The molecule has 5 N–H and O–H groups in total. The second-order valence-corrected chi connectivity index (χ2v) is 5.73. The average molecular weight is 352 g/mol. The number of amides is 2. The minimum absolute atomic E-state index is 0.208. The molecule has 11 heteroatoms. The van der Waals surface area contributed by atoms with Crippen LogP contribution < -0.4 is 16.8 Å². The monoisotopic (exact) mass is 352 g/mol. The quantitative estimate of drug-likeness (QED) is 0.396. The number of urea groups is 1. The molecule has 1 unspecified atom stereocenters. The van der Waals surface area contributed by atoms with Crippen molar-refractivity contribution in [3.63, 3.8) is 0 Å². The summed E-state index contributed by atoms with van der Waals surface area (Å²) in [4.78, 5) is 20.0. The lowest BCUT2D eigenvalue weighted by atomic mass is 10.4. The Balaban J connectivity index is 2.72. The predicted molar refractivity (Wildman–Crippen MR) is 84.8 cm³/mol. The lowest BCUT2D eigenvalue weighted by Crippen LogP contribution is -2.44. The van der Waals surface area contributed by atoms with Gasteiger partial charge in [0.1, 0.15) is 12.4 Å². The van der Waals surface area contributed by atoms with Gasteiger partial charge in [0.25, 0.3) is 0 Å². The fourth-order valence-corrected chi connectivity index (χ4v) is 2.69. The van der Waals surface area contributed by atoms with Crippen LogP contribution in [-0.4, -0.2) is 46.7 Å². The molecule has 0 aromatic heterocycles. The maximum Gasteiger partial charge on any atom is 0.408 e. The van der Waals surface area contributed by atoms with E-state index >= 15 is 0 Å². The predicted octanol–water partition coefficient (Wildman–Crippen LogP) is 1.58. The molecule has 1 heterocycles. The fourth-order valence-electron chi connectivity index (χ4n) is 1.50. The molecule has 0 aliphatic carbocycles.